The Morgan fingerprint density at radius 2 is 2.22 bits per heavy atom. The Bertz CT molecular complexity index is 521. The number of aryl methyl sites for hydroxylation is 1. The van der Waals surface area contributed by atoms with Crippen LogP contribution in [0.1, 0.15) is 34.3 Å². The van der Waals surface area contributed by atoms with E-state index in [1.54, 1.807) is 0 Å². The van der Waals surface area contributed by atoms with Gasteiger partial charge in [0.15, 0.2) is 0 Å². The van der Waals surface area contributed by atoms with Crippen molar-refractivity contribution in [2.45, 2.75) is 25.8 Å². The fourth-order valence-corrected chi connectivity index (χ4v) is 1.91. The Morgan fingerprint density at radius 3 is 2.78 bits per heavy atom. The molecule has 1 fully saturated rings. The number of nitrogens with two attached hydrogens (primary N) is 1. The topological polar surface area (TPSA) is 46.3 Å². The third-order valence-corrected chi connectivity index (χ3v) is 3.21. The van der Waals surface area contributed by atoms with E-state index in [2.05, 4.69) is 11.8 Å². The van der Waals surface area contributed by atoms with Crippen LogP contribution in [0.2, 0.25) is 0 Å². The van der Waals surface area contributed by atoms with E-state index in [9.17, 15) is 4.79 Å². The van der Waals surface area contributed by atoms with Gasteiger partial charge in [-0.25, -0.2) is 0 Å². The molecule has 0 aliphatic heterocycles. The Morgan fingerprint density at radius 1 is 1.50 bits per heavy atom. The quantitative estimate of drug-likeness (QED) is 0.800. The molecule has 1 aliphatic rings. The number of carbonyl (C=O) groups excluding carboxylic acids is 1. The van der Waals surface area contributed by atoms with E-state index in [0.717, 1.165) is 29.5 Å². The summed E-state index contributed by atoms with van der Waals surface area (Å²) in [5, 5.41) is 0. The Hall–Kier alpha value is -1.79. The van der Waals surface area contributed by atoms with Crippen LogP contribution in [0.15, 0.2) is 18.2 Å². The summed E-state index contributed by atoms with van der Waals surface area (Å²) in [7, 11) is 1.87. The molecule has 0 aromatic heterocycles. The zero-order chi connectivity index (χ0) is 13.1. The van der Waals surface area contributed by atoms with Crippen LogP contribution < -0.4 is 5.73 Å². The Kier molecular flexibility index (Phi) is 3.69. The molecule has 0 unspecified atom stereocenters. The second-order valence-corrected chi connectivity index (χ2v) is 4.68. The van der Waals surface area contributed by atoms with Gasteiger partial charge in [0.05, 0.1) is 6.54 Å². The average molecular weight is 242 g/mol. The predicted octanol–water partition coefficient (Wildman–Crippen LogP) is 1.54. The van der Waals surface area contributed by atoms with Crippen LogP contribution in [-0.2, 0) is 0 Å². The van der Waals surface area contributed by atoms with Crippen LogP contribution in [0, 0.1) is 18.8 Å². The summed E-state index contributed by atoms with van der Waals surface area (Å²) in [5.74, 6) is 5.93. The molecule has 0 saturated heterocycles. The second kappa shape index (κ2) is 5.24. The molecule has 1 amide bonds. The molecule has 2 rings (SSSR count). The van der Waals surface area contributed by atoms with Crippen LogP contribution in [-0.4, -0.2) is 30.4 Å². The Balaban J connectivity index is 2.19. The van der Waals surface area contributed by atoms with Gasteiger partial charge >= 0.3 is 0 Å². The molecule has 94 valence electrons. The molecule has 2 N–H and O–H groups in total. The number of hydrogen-bond acceptors (Lipinski definition) is 2. The standard InChI is InChI=1S/C15H18N2O/c1-11-10-13(6-5-12(11)4-3-9-16)15(18)17(2)14-7-8-14/h5-6,10,14H,7-9,16H2,1-2H3. The molecule has 0 radical (unpaired) electrons. The van der Waals surface area contributed by atoms with Crippen molar-refractivity contribution in [3.05, 3.63) is 34.9 Å². The summed E-state index contributed by atoms with van der Waals surface area (Å²) < 4.78 is 0. The maximum Gasteiger partial charge on any atom is 0.253 e. The number of hydrogen-bond donors (Lipinski definition) is 1. The van der Waals surface area contributed by atoms with E-state index in [-0.39, 0.29) is 5.91 Å². The van der Waals surface area contributed by atoms with Gasteiger partial charge in [-0.3, -0.25) is 4.79 Å². The zero-order valence-corrected chi connectivity index (χ0v) is 10.9. The predicted molar refractivity (Wildman–Crippen MR) is 72.2 cm³/mol. The molecular weight excluding hydrogens is 224 g/mol. The van der Waals surface area contributed by atoms with Crippen LogP contribution in [0.3, 0.4) is 0 Å². The summed E-state index contributed by atoms with van der Waals surface area (Å²) in [6.07, 6.45) is 2.25. The highest BCUT2D eigenvalue weighted by Gasteiger charge is 2.30. The summed E-state index contributed by atoms with van der Waals surface area (Å²) in [5.41, 5.74) is 8.04. The smallest absolute Gasteiger partial charge is 0.253 e. The second-order valence-electron chi connectivity index (χ2n) is 4.68. The molecule has 1 aromatic carbocycles. The third-order valence-electron chi connectivity index (χ3n) is 3.21. The minimum atomic E-state index is 0.0962. The fourth-order valence-electron chi connectivity index (χ4n) is 1.91. The highest BCUT2D eigenvalue weighted by atomic mass is 16.2. The van der Waals surface area contributed by atoms with E-state index in [0.29, 0.717) is 12.6 Å². The third kappa shape index (κ3) is 2.72. The van der Waals surface area contributed by atoms with E-state index in [1.165, 1.54) is 0 Å². The lowest BCUT2D eigenvalue weighted by Gasteiger charge is -2.16. The van der Waals surface area contributed by atoms with Gasteiger partial charge in [-0.1, -0.05) is 11.8 Å². The molecule has 18 heavy (non-hydrogen) atoms. The highest BCUT2D eigenvalue weighted by molar-refractivity contribution is 5.94. The average Bonchev–Trinajstić information content (AvgIpc) is 3.19. The number of benzene rings is 1. The molecular formula is C15H18N2O. The number of rotatable bonds is 2. The maximum atomic E-state index is 12.2. The molecule has 3 heteroatoms. The molecule has 0 atom stereocenters. The van der Waals surface area contributed by atoms with E-state index in [4.69, 9.17) is 5.73 Å². The minimum Gasteiger partial charge on any atom is -0.339 e. The van der Waals surface area contributed by atoms with Crippen molar-refractivity contribution >= 4 is 5.91 Å². The van der Waals surface area contributed by atoms with Crippen molar-refractivity contribution in [2.75, 3.05) is 13.6 Å². The van der Waals surface area contributed by atoms with E-state index in [1.807, 2.05) is 37.1 Å². The summed E-state index contributed by atoms with van der Waals surface area (Å²) in [6, 6.07) is 6.08. The molecule has 1 saturated carbocycles. The van der Waals surface area contributed by atoms with Gasteiger partial charge < -0.3 is 10.6 Å². The van der Waals surface area contributed by atoms with Crippen molar-refractivity contribution < 1.29 is 4.79 Å². The molecule has 1 aromatic rings. The van der Waals surface area contributed by atoms with E-state index < -0.39 is 0 Å². The zero-order valence-electron chi connectivity index (χ0n) is 10.9. The van der Waals surface area contributed by atoms with Gasteiger partial charge in [0.2, 0.25) is 0 Å². The van der Waals surface area contributed by atoms with Crippen LogP contribution >= 0.6 is 0 Å². The van der Waals surface area contributed by atoms with Crippen LogP contribution in [0.4, 0.5) is 0 Å². The largest absolute Gasteiger partial charge is 0.339 e. The van der Waals surface area contributed by atoms with Crippen LogP contribution in [0.25, 0.3) is 0 Å². The first kappa shape index (κ1) is 12.7. The summed E-state index contributed by atoms with van der Waals surface area (Å²) >= 11 is 0. The molecule has 1 aliphatic carbocycles. The van der Waals surface area contributed by atoms with Gasteiger partial charge in [0.1, 0.15) is 0 Å². The summed E-state index contributed by atoms with van der Waals surface area (Å²) in [6.45, 7) is 2.32. The first-order valence-corrected chi connectivity index (χ1v) is 6.20. The SMILES string of the molecule is Cc1cc(C(=O)N(C)C2CC2)ccc1C#CCN. The van der Waals surface area contributed by atoms with Gasteiger partial charge in [0, 0.05) is 24.2 Å². The highest BCUT2D eigenvalue weighted by Crippen LogP contribution is 2.26. The lowest BCUT2D eigenvalue weighted by molar-refractivity contribution is 0.0785. The van der Waals surface area contributed by atoms with Gasteiger partial charge in [-0.2, -0.15) is 0 Å². The minimum absolute atomic E-state index is 0.0962. The molecule has 0 spiro atoms. The van der Waals surface area contributed by atoms with E-state index >= 15 is 0 Å². The lowest BCUT2D eigenvalue weighted by Crippen LogP contribution is -2.28. The maximum absolute atomic E-state index is 12.2. The van der Waals surface area contributed by atoms with Gasteiger partial charge in [-0.05, 0) is 43.5 Å². The molecule has 3 nitrogen and oxygen atoms in total. The van der Waals surface area contributed by atoms with Gasteiger partial charge in [-0.15, -0.1) is 0 Å². The first-order valence-electron chi connectivity index (χ1n) is 6.20. The normalized spacial score (nSPS) is 13.7. The summed E-state index contributed by atoms with van der Waals surface area (Å²) in [4.78, 5) is 14.0. The number of nitrogens with zero attached hydrogens (tertiary/aromatic N) is 1. The van der Waals surface area contributed by atoms with Gasteiger partial charge in [0.25, 0.3) is 5.91 Å². The number of carbonyl (C=O) groups is 1. The van der Waals surface area contributed by atoms with Crippen molar-refractivity contribution in [3.63, 3.8) is 0 Å². The first-order chi connectivity index (χ1) is 8.63. The molecule has 0 heterocycles. The van der Waals surface area contributed by atoms with Crippen molar-refractivity contribution in [3.8, 4) is 11.8 Å². The molecule has 0 bridgehead atoms. The number of amides is 1. The van der Waals surface area contributed by atoms with Crippen LogP contribution in [0.5, 0.6) is 0 Å². The Labute approximate surface area is 108 Å². The monoisotopic (exact) mass is 242 g/mol. The van der Waals surface area contributed by atoms with Crippen molar-refractivity contribution in [1.29, 1.82) is 0 Å². The fraction of sp³-hybridized carbons (Fsp3) is 0.400. The lowest BCUT2D eigenvalue weighted by atomic mass is 10.0. The van der Waals surface area contributed by atoms with Crippen molar-refractivity contribution in [1.82, 2.24) is 4.90 Å². The van der Waals surface area contributed by atoms with Crippen molar-refractivity contribution in [2.24, 2.45) is 5.73 Å².